The predicted octanol–water partition coefficient (Wildman–Crippen LogP) is 2.11. The number of amides is 2. The summed E-state index contributed by atoms with van der Waals surface area (Å²) in [6.45, 7) is 3.69. The first-order valence-electron chi connectivity index (χ1n) is 7.34. The monoisotopic (exact) mass is 272 g/mol. The number of hydrogen-bond donors (Lipinski definition) is 0. The molecule has 2 aliphatic rings. The Balaban J connectivity index is 1.84. The molecule has 0 spiro atoms. The van der Waals surface area contributed by atoms with Crippen molar-refractivity contribution < 1.29 is 9.59 Å². The van der Waals surface area contributed by atoms with Crippen LogP contribution >= 0.6 is 0 Å². The first-order valence-corrected chi connectivity index (χ1v) is 7.34. The lowest BCUT2D eigenvalue weighted by Gasteiger charge is -2.28. The Bertz CT molecular complexity index is 518. The van der Waals surface area contributed by atoms with E-state index in [0.717, 1.165) is 37.2 Å². The van der Waals surface area contributed by atoms with Crippen LogP contribution in [0.3, 0.4) is 0 Å². The van der Waals surface area contributed by atoms with Gasteiger partial charge in [0, 0.05) is 25.2 Å². The summed E-state index contributed by atoms with van der Waals surface area (Å²) < 4.78 is 0. The van der Waals surface area contributed by atoms with Crippen LogP contribution in [0.1, 0.15) is 31.2 Å². The van der Waals surface area contributed by atoms with E-state index in [1.54, 1.807) is 4.90 Å². The molecule has 0 saturated carbocycles. The topological polar surface area (TPSA) is 40.6 Å². The molecule has 1 aromatic rings. The second-order valence-electron chi connectivity index (χ2n) is 5.69. The Labute approximate surface area is 119 Å². The molecule has 106 valence electrons. The third kappa shape index (κ3) is 2.30. The molecule has 0 bridgehead atoms. The van der Waals surface area contributed by atoms with Gasteiger partial charge in [0.25, 0.3) is 0 Å². The minimum absolute atomic E-state index is 0.0615. The maximum atomic E-state index is 12.6. The maximum absolute atomic E-state index is 12.6. The molecule has 1 unspecified atom stereocenters. The zero-order valence-corrected chi connectivity index (χ0v) is 11.8. The molecule has 4 nitrogen and oxygen atoms in total. The van der Waals surface area contributed by atoms with Gasteiger partial charge in [-0.3, -0.25) is 14.5 Å². The number of hydrogen-bond acceptors (Lipinski definition) is 2. The van der Waals surface area contributed by atoms with Gasteiger partial charge in [-0.05, 0) is 38.3 Å². The number of rotatable bonds is 2. The second kappa shape index (κ2) is 5.27. The van der Waals surface area contributed by atoms with E-state index in [0.29, 0.717) is 12.8 Å². The summed E-state index contributed by atoms with van der Waals surface area (Å²) in [5.41, 5.74) is 2.00. The third-order valence-corrected chi connectivity index (χ3v) is 4.23. The van der Waals surface area contributed by atoms with E-state index in [2.05, 4.69) is 0 Å². The van der Waals surface area contributed by atoms with Crippen LogP contribution in [-0.2, 0) is 9.59 Å². The minimum atomic E-state index is -0.302. The van der Waals surface area contributed by atoms with Crippen molar-refractivity contribution in [2.75, 3.05) is 18.0 Å². The van der Waals surface area contributed by atoms with Gasteiger partial charge in [-0.25, -0.2) is 0 Å². The van der Waals surface area contributed by atoms with Gasteiger partial charge in [0.05, 0.1) is 0 Å². The molecule has 0 aromatic heterocycles. The molecule has 20 heavy (non-hydrogen) atoms. The van der Waals surface area contributed by atoms with E-state index in [1.165, 1.54) is 0 Å². The summed E-state index contributed by atoms with van der Waals surface area (Å²) in [6.07, 6.45) is 3.27. The van der Waals surface area contributed by atoms with Gasteiger partial charge in [-0.1, -0.05) is 17.7 Å². The molecule has 0 N–H and O–H groups in total. The molecule has 4 heteroatoms. The van der Waals surface area contributed by atoms with Crippen molar-refractivity contribution in [3.63, 3.8) is 0 Å². The van der Waals surface area contributed by atoms with Gasteiger partial charge >= 0.3 is 0 Å². The first-order chi connectivity index (χ1) is 9.66. The van der Waals surface area contributed by atoms with Crippen molar-refractivity contribution in [1.82, 2.24) is 4.90 Å². The van der Waals surface area contributed by atoms with Crippen molar-refractivity contribution in [3.05, 3.63) is 29.8 Å². The van der Waals surface area contributed by atoms with Crippen LogP contribution in [-0.4, -0.2) is 35.8 Å². The number of carbonyl (C=O) groups is 2. The number of carbonyl (C=O) groups excluding carboxylic acids is 2. The van der Waals surface area contributed by atoms with Crippen molar-refractivity contribution in [2.24, 2.45) is 0 Å². The van der Waals surface area contributed by atoms with Gasteiger partial charge in [-0.15, -0.1) is 0 Å². The Morgan fingerprint density at radius 2 is 1.80 bits per heavy atom. The number of nitrogens with zero attached hydrogens (tertiary/aromatic N) is 2. The molecular weight excluding hydrogens is 252 g/mol. The average Bonchev–Trinajstić information content (AvgIpc) is 3.09. The highest BCUT2D eigenvalue weighted by atomic mass is 16.2. The zero-order valence-electron chi connectivity index (χ0n) is 11.8. The molecule has 0 aliphatic carbocycles. The van der Waals surface area contributed by atoms with Crippen LogP contribution in [0.4, 0.5) is 5.69 Å². The summed E-state index contributed by atoms with van der Waals surface area (Å²) >= 11 is 0. The predicted molar refractivity (Wildman–Crippen MR) is 77.5 cm³/mol. The lowest BCUT2D eigenvalue weighted by Crippen LogP contribution is -2.46. The van der Waals surface area contributed by atoms with Gasteiger partial charge in [0.2, 0.25) is 11.8 Å². The van der Waals surface area contributed by atoms with Crippen molar-refractivity contribution in [1.29, 1.82) is 0 Å². The van der Waals surface area contributed by atoms with Crippen molar-refractivity contribution in [3.8, 4) is 0 Å². The van der Waals surface area contributed by atoms with Gasteiger partial charge in [0.1, 0.15) is 6.04 Å². The quantitative estimate of drug-likeness (QED) is 0.827. The molecule has 0 radical (unpaired) electrons. The number of likely N-dealkylation sites (tertiary alicyclic amines) is 1. The van der Waals surface area contributed by atoms with E-state index in [9.17, 15) is 9.59 Å². The van der Waals surface area contributed by atoms with E-state index in [1.807, 2.05) is 36.1 Å². The number of benzene rings is 1. The SMILES string of the molecule is Cc1ccc(N2C(=O)CCC2C(=O)N2CCCC2)cc1. The average molecular weight is 272 g/mol. The highest BCUT2D eigenvalue weighted by Gasteiger charge is 2.39. The van der Waals surface area contributed by atoms with Gasteiger partial charge < -0.3 is 4.90 Å². The minimum Gasteiger partial charge on any atom is -0.341 e. The molecule has 2 saturated heterocycles. The molecular formula is C16H20N2O2. The van der Waals surface area contributed by atoms with Crippen LogP contribution in [0.25, 0.3) is 0 Å². The molecule has 3 rings (SSSR count). The smallest absolute Gasteiger partial charge is 0.245 e. The van der Waals surface area contributed by atoms with E-state index >= 15 is 0 Å². The lowest BCUT2D eigenvalue weighted by molar-refractivity contribution is -0.132. The molecule has 2 heterocycles. The van der Waals surface area contributed by atoms with Crippen LogP contribution < -0.4 is 4.90 Å². The summed E-state index contributed by atoms with van der Waals surface area (Å²) in [7, 11) is 0. The molecule has 1 aromatic carbocycles. The van der Waals surface area contributed by atoms with Gasteiger partial charge in [0.15, 0.2) is 0 Å². The Kier molecular flexibility index (Phi) is 3.47. The fraction of sp³-hybridized carbons (Fsp3) is 0.500. The van der Waals surface area contributed by atoms with Crippen molar-refractivity contribution >= 4 is 17.5 Å². The third-order valence-electron chi connectivity index (χ3n) is 4.23. The highest BCUT2D eigenvalue weighted by molar-refractivity contribution is 6.03. The second-order valence-corrected chi connectivity index (χ2v) is 5.69. The normalized spacial score (nSPS) is 22.6. The summed E-state index contributed by atoms with van der Waals surface area (Å²) in [6, 6.07) is 7.53. The van der Waals surface area contributed by atoms with Crippen LogP contribution in [0.15, 0.2) is 24.3 Å². The standard InChI is InChI=1S/C16H20N2O2/c1-12-4-6-13(7-5-12)18-14(8-9-15(18)19)16(20)17-10-2-3-11-17/h4-7,14H,2-3,8-11H2,1H3. The zero-order chi connectivity index (χ0) is 14.1. The van der Waals surface area contributed by atoms with Crippen LogP contribution in [0.5, 0.6) is 0 Å². The molecule has 2 fully saturated rings. The molecule has 2 amide bonds. The summed E-state index contributed by atoms with van der Waals surface area (Å²) in [5.74, 6) is 0.181. The lowest BCUT2D eigenvalue weighted by atomic mass is 10.1. The Morgan fingerprint density at radius 1 is 1.15 bits per heavy atom. The molecule has 2 aliphatic heterocycles. The van der Waals surface area contributed by atoms with Crippen LogP contribution in [0.2, 0.25) is 0 Å². The highest BCUT2D eigenvalue weighted by Crippen LogP contribution is 2.28. The fourth-order valence-corrected chi connectivity index (χ4v) is 3.10. The first kappa shape index (κ1) is 13.2. The van der Waals surface area contributed by atoms with E-state index in [-0.39, 0.29) is 17.9 Å². The largest absolute Gasteiger partial charge is 0.341 e. The Hall–Kier alpha value is -1.84. The van der Waals surface area contributed by atoms with Crippen molar-refractivity contribution in [2.45, 2.75) is 38.6 Å². The Morgan fingerprint density at radius 3 is 2.45 bits per heavy atom. The number of anilines is 1. The van der Waals surface area contributed by atoms with E-state index < -0.39 is 0 Å². The summed E-state index contributed by atoms with van der Waals surface area (Å²) in [4.78, 5) is 28.3. The summed E-state index contributed by atoms with van der Waals surface area (Å²) in [5, 5.41) is 0. The fourth-order valence-electron chi connectivity index (χ4n) is 3.10. The van der Waals surface area contributed by atoms with Gasteiger partial charge in [-0.2, -0.15) is 0 Å². The molecule has 1 atom stereocenters. The maximum Gasteiger partial charge on any atom is 0.245 e. The van der Waals surface area contributed by atoms with E-state index in [4.69, 9.17) is 0 Å². The number of aryl methyl sites for hydroxylation is 1. The van der Waals surface area contributed by atoms with Crippen LogP contribution in [0, 0.1) is 6.92 Å².